The van der Waals surface area contributed by atoms with Gasteiger partial charge in [0.15, 0.2) is 11.5 Å². The van der Waals surface area contributed by atoms with Gasteiger partial charge in [-0.25, -0.2) is 0 Å². The third-order valence-electron chi connectivity index (χ3n) is 3.49. The molecule has 0 heterocycles. The largest absolute Gasteiger partial charge is 0.493 e. The van der Waals surface area contributed by atoms with E-state index in [0.29, 0.717) is 22.8 Å². The molecule has 4 heteroatoms. The zero-order chi connectivity index (χ0) is 15.4. The van der Waals surface area contributed by atoms with Crippen molar-refractivity contribution in [2.45, 2.75) is 13.0 Å². The maximum Gasteiger partial charge on any atom is 0.203 e. The van der Waals surface area contributed by atoms with E-state index >= 15 is 0 Å². The second-order valence-corrected chi connectivity index (χ2v) is 4.72. The molecule has 2 aromatic carbocycles. The van der Waals surface area contributed by atoms with Crippen LogP contribution in [0.5, 0.6) is 17.2 Å². The van der Waals surface area contributed by atoms with Crippen LogP contribution in [0.2, 0.25) is 0 Å². The SMILES string of the molecule is COc1cc(C(O)c2ccccc2C)cc(OC)c1OC. The number of aryl methyl sites for hydroxylation is 1. The zero-order valence-corrected chi connectivity index (χ0v) is 12.7. The molecule has 0 aromatic heterocycles. The molecule has 0 spiro atoms. The third kappa shape index (κ3) is 2.95. The topological polar surface area (TPSA) is 47.9 Å². The van der Waals surface area contributed by atoms with Crippen molar-refractivity contribution in [2.75, 3.05) is 21.3 Å². The predicted octanol–water partition coefficient (Wildman–Crippen LogP) is 3.10. The Hall–Kier alpha value is -2.20. The van der Waals surface area contributed by atoms with E-state index < -0.39 is 6.10 Å². The van der Waals surface area contributed by atoms with E-state index in [2.05, 4.69) is 0 Å². The highest BCUT2D eigenvalue weighted by molar-refractivity contribution is 5.55. The normalized spacial score (nSPS) is 11.9. The number of ether oxygens (including phenoxy) is 3. The van der Waals surface area contributed by atoms with Gasteiger partial charge in [-0.05, 0) is 35.7 Å². The van der Waals surface area contributed by atoms with Crippen LogP contribution in [0.15, 0.2) is 36.4 Å². The molecule has 0 aliphatic rings. The zero-order valence-electron chi connectivity index (χ0n) is 12.7. The average Bonchev–Trinajstić information content (AvgIpc) is 2.53. The van der Waals surface area contributed by atoms with Crippen molar-refractivity contribution in [3.05, 3.63) is 53.1 Å². The van der Waals surface area contributed by atoms with Crippen molar-refractivity contribution in [2.24, 2.45) is 0 Å². The van der Waals surface area contributed by atoms with Crippen LogP contribution >= 0.6 is 0 Å². The number of hydrogen-bond acceptors (Lipinski definition) is 4. The number of aliphatic hydroxyl groups is 1. The van der Waals surface area contributed by atoms with Gasteiger partial charge in [0.25, 0.3) is 0 Å². The average molecular weight is 288 g/mol. The Morgan fingerprint density at radius 1 is 0.905 bits per heavy atom. The van der Waals surface area contributed by atoms with Crippen molar-refractivity contribution >= 4 is 0 Å². The molecule has 1 unspecified atom stereocenters. The van der Waals surface area contributed by atoms with E-state index in [0.717, 1.165) is 11.1 Å². The number of benzene rings is 2. The molecule has 0 amide bonds. The molecular formula is C17H20O4. The summed E-state index contributed by atoms with van der Waals surface area (Å²) in [5, 5.41) is 10.6. The number of rotatable bonds is 5. The van der Waals surface area contributed by atoms with Gasteiger partial charge >= 0.3 is 0 Å². The van der Waals surface area contributed by atoms with E-state index in [9.17, 15) is 5.11 Å². The predicted molar refractivity (Wildman–Crippen MR) is 81.3 cm³/mol. The van der Waals surface area contributed by atoms with E-state index in [1.54, 1.807) is 33.5 Å². The molecule has 0 saturated heterocycles. The first-order chi connectivity index (χ1) is 10.1. The summed E-state index contributed by atoms with van der Waals surface area (Å²) in [5.74, 6) is 1.57. The van der Waals surface area contributed by atoms with Crippen LogP contribution in [0.1, 0.15) is 22.8 Å². The van der Waals surface area contributed by atoms with Crippen molar-refractivity contribution in [1.29, 1.82) is 0 Å². The molecule has 21 heavy (non-hydrogen) atoms. The molecule has 0 fully saturated rings. The highest BCUT2D eigenvalue weighted by atomic mass is 16.5. The summed E-state index contributed by atoms with van der Waals surface area (Å²) in [6.07, 6.45) is -0.750. The fourth-order valence-corrected chi connectivity index (χ4v) is 2.33. The van der Waals surface area contributed by atoms with Crippen molar-refractivity contribution in [3.63, 3.8) is 0 Å². The van der Waals surface area contributed by atoms with Crippen molar-refractivity contribution in [1.82, 2.24) is 0 Å². The van der Waals surface area contributed by atoms with Gasteiger partial charge in [0.05, 0.1) is 21.3 Å². The van der Waals surface area contributed by atoms with E-state index in [4.69, 9.17) is 14.2 Å². The summed E-state index contributed by atoms with van der Waals surface area (Å²) < 4.78 is 15.9. The number of methoxy groups -OCH3 is 3. The summed E-state index contributed by atoms with van der Waals surface area (Å²) in [6, 6.07) is 11.3. The van der Waals surface area contributed by atoms with E-state index in [1.165, 1.54) is 0 Å². The van der Waals surface area contributed by atoms with Gasteiger partial charge in [-0.1, -0.05) is 24.3 Å². The summed E-state index contributed by atoms with van der Waals surface area (Å²) in [7, 11) is 4.67. The molecule has 0 aliphatic heterocycles. The molecule has 0 radical (unpaired) electrons. The minimum Gasteiger partial charge on any atom is -0.493 e. The second-order valence-electron chi connectivity index (χ2n) is 4.72. The van der Waals surface area contributed by atoms with Crippen LogP contribution in [0.3, 0.4) is 0 Å². The summed E-state index contributed by atoms with van der Waals surface area (Å²) in [6.45, 7) is 1.97. The summed E-state index contributed by atoms with van der Waals surface area (Å²) in [5.41, 5.74) is 2.57. The summed E-state index contributed by atoms with van der Waals surface area (Å²) >= 11 is 0. The smallest absolute Gasteiger partial charge is 0.203 e. The first kappa shape index (κ1) is 15.2. The lowest BCUT2D eigenvalue weighted by Gasteiger charge is -2.18. The first-order valence-corrected chi connectivity index (χ1v) is 6.65. The minimum absolute atomic E-state index is 0.515. The number of hydrogen-bond donors (Lipinski definition) is 1. The summed E-state index contributed by atoms with van der Waals surface area (Å²) in [4.78, 5) is 0. The molecule has 1 N–H and O–H groups in total. The molecule has 0 aliphatic carbocycles. The maximum absolute atomic E-state index is 10.6. The molecule has 4 nitrogen and oxygen atoms in total. The third-order valence-corrected chi connectivity index (χ3v) is 3.49. The molecule has 112 valence electrons. The Morgan fingerprint density at radius 3 is 1.95 bits per heavy atom. The fourth-order valence-electron chi connectivity index (χ4n) is 2.33. The van der Waals surface area contributed by atoms with E-state index in [1.807, 2.05) is 31.2 Å². The van der Waals surface area contributed by atoms with Crippen LogP contribution in [0.25, 0.3) is 0 Å². The van der Waals surface area contributed by atoms with Gasteiger partial charge in [0.1, 0.15) is 6.10 Å². The van der Waals surface area contributed by atoms with Crippen LogP contribution in [-0.4, -0.2) is 26.4 Å². The molecule has 2 aromatic rings. The van der Waals surface area contributed by atoms with Crippen LogP contribution in [0, 0.1) is 6.92 Å². The Morgan fingerprint density at radius 2 is 1.48 bits per heavy atom. The Bertz CT molecular complexity index is 597. The van der Waals surface area contributed by atoms with E-state index in [-0.39, 0.29) is 0 Å². The molecule has 0 bridgehead atoms. The van der Waals surface area contributed by atoms with Gasteiger partial charge in [-0.2, -0.15) is 0 Å². The molecule has 0 saturated carbocycles. The van der Waals surface area contributed by atoms with Gasteiger partial charge in [0, 0.05) is 0 Å². The Kier molecular flexibility index (Phi) is 4.70. The van der Waals surface area contributed by atoms with Crippen molar-refractivity contribution in [3.8, 4) is 17.2 Å². The Balaban J connectivity index is 2.51. The standard InChI is InChI=1S/C17H20O4/c1-11-7-5-6-8-13(11)16(18)12-9-14(19-2)17(21-4)15(10-12)20-3/h5-10,16,18H,1-4H3. The van der Waals surface area contributed by atoms with Gasteiger partial charge in [-0.15, -0.1) is 0 Å². The van der Waals surface area contributed by atoms with Crippen LogP contribution in [-0.2, 0) is 0 Å². The number of aliphatic hydroxyl groups excluding tert-OH is 1. The lowest BCUT2D eigenvalue weighted by Crippen LogP contribution is -2.04. The maximum atomic E-state index is 10.6. The fraction of sp³-hybridized carbons (Fsp3) is 0.294. The molecule has 2 rings (SSSR count). The minimum atomic E-state index is -0.750. The monoisotopic (exact) mass is 288 g/mol. The van der Waals surface area contributed by atoms with Gasteiger partial charge in [-0.3, -0.25) is 0 Å². The molecular weight excluding hydrogens is 268 g/mol. The van der Waals surface area contributed by atoms with Crippen molar-refractivity contribution < 1.29 is 19.3 Å². The van der Waals surface area contributed by atoms with Gasteiger partial charge < -0.3 is 19.3 Å². The molecule has 1 atom stereocenters. The highest BCUT2D eigenvalue weighted by Gasteiger charge is 2.19. The first-order valence-electron chi connectivity index (χ1n) is 6.65. The Labute approximate surface area is 124 Å². The lowest BCUT2D eigenvalue weighted by molar-refractivity contribution is 0.217. The lowest BCUT2D eigenvalue weighted by atomic mass is 9.97. The quantitative estimate of drug-likeness (QED) is 0.918. The van der Waals surface area contributed by atoms with Gasteiger partial charge in [0.2, 0.25) is 5.75 Å². The van der Waals surface area contributed by atoms with Crippen LogP contribution in [0.4, 0.5) is 0 Å². The highest BCUT2D eigenvalue weighted by Crippen LogP contribution is 2.40. The van der Waals surface area contributed by atoms with Crippen LogP contribution < -0.4 is 14.2 Å². The second kappa shape index (κ2) is 6.50.